The Balaban J connectivity index is 1.58. The summed E-state index contributed by atoms with van der Waals surface area (Å²) in [5.41, 5.74) is 5.92. The lowest BCUT2D eigenvalue weighted by Gasteiger charge is -2.21. The second kappa shape index (κ2) is 6.17. The lowest BCUT2D eigenvalue weighted by molar-refractivity contribution is -0.121. The molecule has 0 bridgehead atoms. The van der Waals surface area contributed by atoms with Crippen LogP contribution in [-0.4, -0.2) is 41.0 Å². The third-order valence-corrected chi connectivity index (χ3v) is 5.91. The van der Waals surface area contributed by atoms with Gasteiger partial charge in [-0.3, -0.25) is 4.79 Å². The van der Waals surface area contributed by atoms with Gasteiger partial charge in [-0.25, -0.2) is 0 Å². The Bertz CT molecular complexity index is 240. The molecule has 1 saturated carbocycles. The maximum Gasteiger partial charge on any atom is 0.221 e. The van der Waals surface area contributed by atoms with Crippen molar-refractivity contribution in [3.63, 3.8) is 0 Å². The highest BCUT2D eigenvalue weighted by Gasteiger charge is 2.29. The third kappa shape index (κ3) is 4.18. The summed E-state index contributed by atoms with van der Waals surface area (Å²) in [6.45, 7) is 0.813. The van der Waals surface area contributed by atoms with Gasteiger partial charge in [-0.1, -0.05) is 0 Å². The molecule has 2 rings (SSSR count). The summed E-state index contributed by atoms with van der Waals surface area (Å²) in [7, 11) is 0. The summed E-state index contributed by atoms with van der Waals surface area (Å²) in [5.74, 6) is 4.38. The van der Waals surface area contributed by atoms with E-state index in [1.807, 2.05) is 23.5 Å². The van der Waals surface area contributed by atoms with Gasteiger partial charge >= 0.3 is 0 Å². The highest BCUT2D eigenvalue weighted by Crippen LogP contribution is 2.32. The van der Waals surface area contributed by atoms with Gasteiger partial charge in [-0.15, -0.1) is 0 Å². The molecule has 3 nitrogen and oxygen atoms in total. The van der Waals surface area contributed by atoms with Crippen molar-refractivity contribution < 1.29 is 4.79 Å². The van der Waals surface area contributed by atoms with Crippen LogP contribution in [0.25, 0.3) is 0 Å². The predicted molar refractivity (Wildman–Crippen MR) is 71.9 cm³/mol. The molecule has 1 saturated heterocycles. The first-order chi connectivity index (χ1) is 7.75. The van der Waals surface area contributed by atoms with Crippen LogP contribution in [0.3, 0.4) is 0 Å². The summed E-state index contributed by atoms with van der Waals surface area (Å²) in [6.07, 6.45) is 2.93. The van der Waals surface area contributed by atoms with Gasteiger partial charge in [0.1, 0.15) is 0 Å². The minimum absolute atomic E-state index is 0.0911. The SMILES string of the molecule is NC(CC(=O)NCC1CSCCS1)C1CC1. The number of thioether (sulfide) groups is 2. The summed E-state index contributed by atoms with van der Waals surface area (Å²) < 4.78 is 0. The first-order valence-electron chi connectivity index (χ1n) is 5.97. The molecule has 1 aliphatic carbocycles. The fourth-order valence-corrected chi connectivity index (χ4v) is 4.47. The fraction of sp³-hybridized carbons (Fsp3) is 0.909. The zero-order chi connectivity index (χ0) is 11.4. The third-order valence-electron chi connectivity index (χ3n) is 3.06. The van der Waals surface area contributed by atoms with Crippen LogP contribution in [0.5, 0.6) is 0 Å². The minimum Gasteiger partial charge on any atom is -0.355 e. The van der Waals surface area contributed by atoms with Gasteiger partial charge in [0.15, 0.2) is 0 Å². The van der Waals surface area contributed by atoms with Crippen LogP contribution >= 0.6 is 23.5 Å². The number of amides is 1. The number of carbonyl (C=O) groups excluding carboxylic acids is 1. The maximum absolute atomic E-state index is 11.6. The van der Waals surface area contributed by atoms with Crippen molar-refractivity contribution in [1.82, 2.24) is 5.32 Å². The molecule has 2 unspecified atom stereocenters. The van der Waals surface area contributed by atoms with Crippen molar-refractivity contribution in [2.75, 3.05) is 23.8 Å². The number of carbonyl (C=O) groups is 1. The average molecular weight is 260 g/mol. The largest absolute Gasteiger partial charge is 0.355 e. The van der Waals surface area contributed by atoms with Gasteiger partial charge in [-0.05, 0) is 18.8 Å². The lowest BCUT2D eigenvalue weighted by atomic mass is 10.1. The van der Waals surface area contributed by atoms with Gasteiger partial charge in [0, 0.05) is 41.5 Å². The molecule has 16 heavy (non-hydrogen) atoms. The smallest absolute Gasteiger partial charge is 0.221 e. The van der Waals surface area contributed by atoms with Crippen LogP contribution in [0.1, 0.15) is 19.3 Å². The normalized spacial score (nSPS) is 27.4. The molecule has 2 aliphatic rings. The van der Waals surface area contributed by atoms with E-state index in [1.165, 1.54) is 30.1 Å². The maximum atomic E-state index is 11.6. The monoisotopic (exact) mass is 260 g/mol. The Hall–Kier alpha value is 0.130. The average Bonchev–Trinajstić information content (AvgIpc) is 3.11. The van der Waals surface area contributed by atoms with Crippen LogP contribution < -0.4 is 11.1 Å². The molecule has 0 aromatic heterocycles. The van der Waals surface area contributed by atoms with Crippen LogP contribution in [0.15, 0.2) is 0 Å². The van der Waals surface area contributed by atoms with E-state index in [9.17, 15) is 4.79 Å². The molecule has 0 aromatic carbocycles. The Kier molecular flexibility index (Phi) is 4.85. The Labute approximate surface area is 106 Å². The predicted octanol–water partition coefficient (Wildman–Crippen LogP) is 1.08. The zero-order valence-electron chi connectivity index (χ0n) is 9.48. The minimum atomic E-state index is 0.0911. The Morgan fingerprint density at radius 2 is 2.25 bits per heavy atom. The number of rotatable bonds is 5. The molecule has 1 heterocycles. The molecule has 3 N–H and O–H groups in total. The highest BCUT2D eigenvalue weighted by atomic mass is 32.2. The van der Waals surface area contributed by atoms with Gasteiger partial charge in [0.05, 0.1) is 0 Å². The van der Waals surface area contributed by atoms with E-state index in [2.05, 4.69) is 5.32 Å². The lowest BCUT2D eigenvalue weighted by Crippen LogP contribution is -2.37. The van der Waals surface area contributed by atoms with Crippen molar-refractivity contribution in [3.8, 4) is 0 Å². The fourth-order valence-electron chi connectivity index (χ4n) is 1.86. The van der Waals surface area contributed by atoms with Crippen LogP contribution in [0.4, 0.5) is 0 Å². The molecule has 1 amide bonds. The molecule has 2 atom stereocenters. The van der Waals surface area contributed by atoms with Gasteiger partial charge in [0.25, 0.3) is 0 Å². The summed E-state index contributed by atoms with van der Waals surface area (Å²) >= 11 is 3.96. The molecule has 1 aliphatic heterocycles. The van der Waals surface area contributed by atoms with E-state index < -0.39 is 0 Å². The van der Waals surface area contributed by atoms with Crippen molar-refractivity contribution in [2.45, 2.75) is 30.6 Å². The molecule has 2 fully saturated rings. The summed E-state index contributed by atoms with van der Waals surface area (Å²) in [5, 5.41) is 3.61. The van der Waals surface area contributed by atoms with E-state index in [4.69, 9.17) is 5.73 Å². The molecular weight excluding hydrogens is 240 g/mol. The van der Waals surface area contributed by atoms with Crippen LogP contribution in [0.2, 0.25) is 0 Å². The molecule has 0 spiro atoms. The van der Waals surface area contributed by atoms with Gasteiger partial charge in [-0.2, -0.15) is 23.5 Å². The van der Waals surface area contributed by atoms with Crippen molar-refractivity contribution in [2.24, 2.45) is 11.7 Å². The topological polar surface area (TPSA) is 55.1 Å². The van der Waals surface area contributed by atoms with Crippen LogP contribution in [0, 0.1) is 5.92 Å². The second-order valence-electron chi connectivity index (χ2n) is 4.58. The number of hydrogen-bond donors (Lipinski definition) is 2. The molecule has 0 aromatic rings. The van der Waals surface area contributed by atoms with Gasteiger partial charge in [0.2, 0.25) is 5.91 Å². The van der Waals surface area contributed by atoms with Gasteiger partial charge < -0.3 is 11.1 Å². The second-order valence-corrected chi connectivity index (χ2v) is 7.14. The van der Waals surface area contributed by atoms with Crippen LogP contribution in [-0.2, 0) is 4.79 Å². The highest BCUT2D eigenvalue weighted by molar-refractivity contribution is 8.06. The number of nitrogens with one attached hydrogen (secondary N) is 1. The van der Waals surface area contributed by atoms with E-state index in [-0.39, 0.29) is 11.9 Å². The quantitative estimate of drug-likeness (QED) is 0.776. The first-order valence-corrected chi connectivity index (χ1v) is 8.17. The summed E-state index contributed by atoms with van der Waals surface area (Å²) in [4.78, 5) is 11.6. The zero-order valence-corrected chi connectivity index (χ0v) is 11.1. The van der Waals surface area contributed by atoms with E-state index in [1.54, 1.807) is 0 Å². The van der Waals surface area contributed by atoms with E-state index >= 15 is 0 Å². The molecule has 5 heteroatoms. The standard InChI is InChI=1S/C11H20N2OS2/c12-10(8-1-2-8)5-11(14)13-6-9-7-15-3-4-16-9/h8-10H,1-7,12H2,(H,13,14). The van der Waals surface area contributed by atoms with Crippen molar-refractivity contribution in [1.29, 1.82) is 0 Å². The van der Waals surface area contributed by atoms with Crippen molar-refractivity contribution in [3.05, 3.63) is 0 Å². The number of hydrogen-bond acceptors (Lipinski definition) is 4. The Morgan fingerprint density at radius 3 is 2.88 bits per heavy atom. The Morgan fingerprint density at radius 1 is 1.44 bits per heavy atom. The molecule has 92 valence electrons. The number of nitrogens with two attached hydrogens (primary N) is 1. The first kappa shape index (κ1) is 12.6. The molecular formula is C11H20N2OS2. The van der Waals surface area contributed by atoms with E-state index in [0.29, 0.717) is 17.6 Å². The summed E-state index contributed by atoms with van der Waals surface area (Å²) in [6, 6.07) is 0.0911. The van der Waals surface area contributed by atoms with E-state index in [0.717, 1.165) is 6.54 Å². The molecule has 0 radical (unpaired) electrons. The van der Waals surface area contributed by atoms with Crippen molar-refractivity contribution >= 4 is 29.4 Å².